The van der Waals surface area contributed by atoms with Gasteiger partial charge < -0.3 is 10.8 Å². The fourth-order valence-electron chi connectivity index (χ4n) is 7.05. The number of aliphatic imine (C=N–C) groups is 4. The zero-order valence-corrected chi connectivity index (χ0v) is 28.9. The largest absolute Gasteiger partial charge is 2.00 e. The van der Waals surface area contributed by atoms with E-state index in [1.807, 2.05) is 134 Å². The van der Waals surface area contributed by atoms with Gasteiger partial charge in [-0.05, 0) is 58.7 Å². The molecule has 0 saturated heterocycles. The molecule has 0 aromatic heterocycles. The van der Waals surface area contributed by atoms with Crippen LogP contribution in [0.2, 0.25) is 0 Å². The van der Waals surface area contributed by atoms with Crippen LogP contribution in [0.3, 0.4) is 0 Å². The van der Waals surface area contributed by atoms with Crippen molar-refractivity contribution in [1.29, 1.82) is 0 Å². The molecular weight excluding hydrogens is 700 g/mol. The van der Waals surface area contributed by atoms with Crippen LogP contribution in [0.5, 0.6) is 0 Å². The Kier molecular flexibility index (Phi) is 8.83. The van der Waals surface area contributed by atoms with E-state index in [4.69, 9.17) is 20.0 Å². The summed E-state index contributed by atoms with van der Waals surface area (Å²) < 4.78 is 0. The van der Waals surface area contributed by atoms with Crippen molar-refractivity contribution in [2.45, 2.75) is 0 Å². The predicted octanol–water partition coefficient (Wildman–Crippen LogP) is 9.46. The van der Waals surface area contributed by atoms with Crippen LogP contribution in [-0.2, 0) is 17.1 Å². The first kappa shape index (κ1) is 33.3. The first-order valence-corrected chi connectivity index (χ1v) is 16.9. The van der Waals surface area contributed by atoms with E-state index in [2.05, 4.69) is 36.0 Å². The first-order valence-electron chi connectivity index (χ1n) is 16.9. The Balaban J connectivity index is 0.00000400. The number of nitrogens with zero attached hydrogens (tertiary/aromatic N) is 6. The Morgan fingerprint density at radius 3 is 1.09 bits per heavy atom. The van der Waals surface area contributed by atoms with Crippen molar-refractivity contribution in [3.8, 4) is 0 Å². The van der Waals surface area contributed by atoms with Gasteiger partial charge in [0.1, 0.15) is 0 Å². The summed E-state index contributed by atoms with van der Waals surface area (Å²) in [5.41, 5.74) is 12.1. The minimum absolute atomic E-state index is 0. The summed E-state index contributed by atoms with van der Waals surface area (Å²) in [6, 6.07) is 39.8. The van der Waals surface area contributed by atoms with Crippen LogP contribution < -0.4 is 0 Å². The Morgan fingerprint density at radius 1 is 0.358 bits per heavy atom. The predicted molar refractivity (Wildman–Crippen MR) is 214 cm³/mol. The SMILES string of the molecule is [Cu+2].[N-]=C=C1C(=C=[N-])C2=C(c3ccccc3)C3=NC(=C(c4ccccc4)C4=NC(=C(c5ccccc5)C5=NC(=C(c6ccccc6)C1=N2)C=C5)C=C4)C=C3. The van der Waals surface area contributed by atoms with Gasteiger partial charge in [-0.3, -0.25) is 11.7 Å². The molecule has 0 atom stereocenters. The zero-order valence-electron chi connectivity index (χ0n) is 28.0. The number of rotatable bonds is 4. The maximum atomic E-state index is 10.7. The van der Waals surface area contributed by atoms with Gasteiger partial charge in [0.2, 0.25) is 0 Å². The summed E-state index contributed by atoms with van der Waals surface area (Å²) in [4.78, 5) is 21.0. The van der Waals surface area contributed by atoms with Crippen LogP contribution in [0.4, 0.5) is 0 Å². The molecule has 0 spiro atoms. The Labute approximate surface area is 317 Å². The van der Waals surface area contributed by atoms with Crippen molar-refractivity contribution in [2.24, 2.45) is 20.0 Å². The molecule has 1 radical (unpaired) electrons. The van der Waals surface area contributed by atoms with E-state index in [0.29, 0.717) is 34.0 Å². The standard InChI is InChI=1S/C46H26N6.Cu/c47-27-33-34(28-48)46-44(32-19-11-4-12-20-32)40-26-24-38(51-40)42(30-15-7-2-8-16-30)36-22-21-35(49-36)41(29-13-5-1-6-14-29)37-23-25-39(50-37)43(45(33)52-46)31-17-9-3-10-18-31;/h1-26H;/q-2;+2. The molecule has 8 bridgehead atoms. The van der Waals surface area contributed by atoms with Gasteiger partial charge in [0.25, 0.3) is 0 Å². The van der Waals surface area contributed by atoms with Crippen molar-refractivity contribution in [3.63, 3.8) is 0 Å². The summed E-state index contributed by atoms with van der Waals surface area (Å²) in [7, 11) is 0. The number of hydrogen-bond donors (Lipinski definition) is 0. The molecule has 5 aliphatic heterocycles. The van der Waals surface area contributed by atoms with Gasteiger partial charge in [-0.25, -0.2) is 20.0 Å². The summed E-state index contributed by atoms with van der Waals surface area (Å²) in [5, 5.41) is 21.5. The summed E-state index contributed by atoms with van der Waals surface area (Å²) in [6.07, 6.45) is 12.0. The summed E-state index contributed by atoms with van der Waals surface area (Å²) in [6.45, 7) is 0. The Morgan fingerprint density at radius 2 is 0.698 bits per heavy atom. The second kappa shape index (κ2) is 14.1. The van der Waals surface area contributed by atoms with Crippen LogP contribution >= 0.6 is 0 Å². The summed E-state index contributed by atoms with van der Waals surface area (Å²) >= 11 is 0. The molecule has 0 aliphatic carbocycles. The average molecular weight is 726 g/mol. The molecule has 251 valence electrons. The van der Waals surface area contributed by atoms with Crippen LogP contribution in [0.15, 0.2) is 212 Å². The van der Waals surface area contributed by atoms with Gasteiger partial charge >= 0.3 is 17.1 Å². The molecule has 0 saturated carbocycles. The molecule has 0 fully saturated rings. The third-order valence-corrected chi connectivity index (χ3v) is 9.35. The van der Waals surface area contributed by atoms with E-state index < -0.39 is 0 Å². The number of allylic oxidation sites excluding steroid dienone is 11. The van der Waals surface area contributed by atoms with Crippen LogP contribution in [0, 0.1) is 0 Å². The van der Waals surface area contributed by atoms with E-state index in [1.165, 1.54) is 0 Å². The molecule has 6 nitrogen and oxygen atoms in total. The molecule has 53 heavy (non-hydrogen) atoms. The van der Waals surface area contributed by atoms with Crippen molar-refractivity contribution in [2.75, 3.05) is 0 Å². The molecule has 5 heterocycles. The second-order valence-electron chi connectivity index (χ2n) is 12.4. The summed E-state index contributed by atoms with van der Waals surface area (Å²) in [5.74, 6) is 4.70. The molecule has 9 rings (SSSR count). The Hall–Kier alpha value is -6.84. The Bertz CT molecular complexity index is 2670. The van der Waals surface area contributed by atoms with Gasteiger partial charge in [0.15, 0.2) is 0 Å². The van der Waals surface area contributed by atoms with Crippen LogP contribution in [0.1, 0.15) is 22.3 Å². The molecular formula is C46H26CuN6. The number of benzene rings is 4. The maximum Gasteiger partial charge on any atom is 2.00 e. The van der Waals surface area contributed by atoms with E-state index in [0.717, 1.165) is 56.2 Å². The second-order valence-corrected chi connectivity index (χ2v) is 12.4. The van der Waals surface area contributed by atoms with Crippen LogP contribution in [-0.4, -0.2) is 34.6 Å². The van der Waals surface area contributed by atoms with Gasteiger partial charge in [-0.1, -0.05) is 121 Å². The van der Waals surface area contributed by atoms with Crippen molar-refractivity contribution < 1.29 is 17.1 Å². The number of fused-ring (bicyclic) bond motifs is 4. The van der Waals surface area contributed by atoms with Crippen molar-refractivity contribution >= 4 is 56.9 Å². The van der Waals surface area contributed by atoms with E-state index in [-0.39, 0.29) is 28.2 Å². The monoisotopic (exact) mass is 725 g/mol. The van der Waals surface area contributed by atoms with Crippen LogP contribution in [0.25, 0.3) is 33.1 Å². The van der Waals surface area contributed by atoms with Gasteiger partial charge in [-0.2, -0.15) is 0 Å². The quantitative estimate of drug-likeness (QED) is 0.148. The van der Waals surface area contributed by atoms with Gasteiger partial charge in [-0.15, -0.1) is 0 Å². The van der Waals surface area contributed by atoms with Gasteiger partial charge in [0, 0.05) is 33.4 Å². The van der Waals surface area contributed by atoms with E-state index in [9.17, 15) is 10.8 Å². The third-order valence-electron chi connectivity index (χ3n) is 9.35. The zero-order chi connectivity index (χ0) is 35.0. The molecule has 0 N–H and O–H groups in total. The van der Waals surface area contributed by atoms with E-state index >= 15 is 0 Å². The fraction of sp³-hybridized carbons (Fsp3) is 0. The molecule has 4 aromatic rings. The van der Waals surface area contributed by atoms with Crippen molar-refractivity contribution in [3.05, 3.63) is 225 Å². The topological polar surface area (TPSA) is 94.0 Å². The fourth-order valence-corrected chi connectivity index (χ4v) is 7.05. The molecule has 5 aliphatic rings. The number of hydrogen-bond acceptors (Lipinski definition) is 4. The minimum atomic E-state index is 0. The normalized spacial score (nSPS) is 17.1. The average Bonchev–Trinajstić information content (AvgIpc) is 4.03. The molecule has 4 aromatic carbocycles. The van der Waals surface area contributed by atoms with Crippen molar-refractivity contribution in [1.82, 2.24) is 0 Å². The third kappa shape index (κ3) is 5.83. The molecule has 7 heteroatoms. The first-order chi connectivity index (χ1) is 25.7. The van der Waals surface area contributed by atoms with Gasteiger partial charge in [0.05, 0.1) is 45.6 Å². The maximum absolute atomic E-state index is 10.7. The molecule has 0 amide bonds. The smallest absolute Gasteiger partial charge is 0.763 e. The van der Waals surface area contributed by atoms with E-state index in [1.54, 1.807) is 0 Å². The minimum Gasteiger partial charge on any atom is -0.763 e. The molecule has 0 unspecified atom stereocenters.